The Bertz CT molecular complexity index is 1210. The molecule has 0 amide bonds. The Morgan fingerprint density at radius 1 is 1.06 bits per heavy atom. The lowest BCUT2D eigenvalue weighted by atomic mass is 10.0. The lowest BCUT2D eigenvalue weighted by molar-refractivity contribution is 0.171. The molecule has 1 atom stereocenters. The van der Waals surface area contributed by atoms with E-state index in [9.17, 15) is 5.11 Å². The van der Waals surface area contributed by atoms with Crippen molar-refractivity contribution in [3.63, 3.8) is 0 Å². The number of hydrogen-bond donors (Lipinski definition) is 1. The first-order valence-electron chi connectivity index (χ1n) is 11.1. The predicted octanol–water partition coefficient (Wildman–Crippen LogP) is 4.74. The zero-order valence-corrected chi connectivity index (χ0v) is 18.9. The molecule has 6 heteroatoms. The summed E-state index contributed by atoms with van der Waals surface area (Å²) in [6, 6.07) is 14.2. The van der Waals surface area contributed by atoms with Crippen molar-refractivity contribution in [2.45, 2.75) is 39.8 Å². The molecule has 4 aromatic rings. The maximum absolute atomic E-state index is 9.87. The third-order valence-electron chi connectivity index (χ3n) is 5.68. The molecule has 5 rings (SSSR count). The smallest absolute Gasteiger partial charge is 0.163 e. The molecular weight excluding hydrogens is 398 g/mol. The summed E-state index contributed by atoms with van der Waals surface area (Å²) in [4.78, 5) is 11.7. The number of aliphatic hydroxyl groups is 1. The Kier molecular flexibility index (Phi) is 6.32. The van der Waals surface area contributed by atoms with E-state index in [0.717, 1.165) is 52.4 Å². The van der Waals surface area contributed by atoms with Gasteiger partial charge in [0.1, 0.15) is 0 Å². The molecule has 0 aliphatic carbocycles. The van der Waals surface area contributed by atoms with Gasteiger partial charge in [-0.05, 0) is 25.0 Å². The number of fused-ring (bicyclic) bond motifs is 2. The second-order valence-electron chi connectivity index (χ2n) is 7.68. The standard InChI is InChI=1S/C24H23N5O.C2H6/c1-16(17(2)30)28-11-10-20-14-29-24(27-23(20)15-28)21(13-26-29)19-8-9-22(25-12-19)18-6-4-3-5-7-18;1-2/h3-9,12-14,17,30H,1,10-11,15H2,2H3;1-2H3. The van der Waals surface area contributed by atoms with Gasteiger partial charge in [0.2, 0.25) is 0 Å². The van der Waals surface area contributed by atoms with Crippen LogP contribution >= 0.6 is 0 Å². The Labute approximate surface area is 188 Å². The number of rotatable bonds is 4. The number of aromatic nitrogens is 4. The van der Waals surface area contributed by atoms with E-state index < -0.39 is 6.10 Å². The van der Waals surface area contributed by atoms with Crippen LogP contribution in [-0.4, -0.2) is 42.2 Å². The summed E-state index contributed by atoms with van der Waals surface area (Å²) < 4.78 is 1.85. The first-order valence-corrected chi connectivity index (χ1v) is 11.1. The lowest BCUT2D eigenvalue weighted by Gasteiger charge is -2.32. The third kappa shape index (κ3) is 4.14. The van der Waals surface area contributed by atoms with Crippen molar-refractivity contribution >= 4 is 5.65 Å². The Hall–Kier alpha value is -3.51. The van der Waals surface area contributed by atoms with Crippen molar-refractivity contribution in [3.05, 3.63) is 84.6 Å². The van der Waals surface area contributed by atoms with Crippen LogP contribution in [0, 0.1) is 0 Å². The fourth-order valence-corrected chi connectivity index (χ4v) is 3.89. The molecule has 1 aromatic carbocycles. The van der Waals surface area contributed by atoms with E-state index in [2.05, 4.69) is 46.0 Å². The van der Waals surface area contributed by atoms with Crippen molar-refractivity contribution in [3.8, 4) is 22.4 Å². The van der Waals surface area contributed by atoms with E-state index in [-0.39, 0.29) is 0 Å². The Balaban J connectivity index is 0.00000119. The third-order valence-corrected chi connectivity index (χ3v) is 5.68. The average molecular weight is 428 g/mol. The Morgan fingerprint density at radius 2 is 1.84 bits per heavy atom. The normalized spacial score (nSPS) is 13.8. The zero-order chi connectivity index (χ0) is 22.7. The largest absolute Gasteiger partial charge is 0.387 e. The van der Waals surface area contributed by atoms with E-state index in [1.54, 1.807) is 6.92 Å². The molecule has 1 aliphatic heterocycles. The van der Waals surface area contributed by atoms with Crippen molar-refractivity contribution in [1.29, 1.82) is 0 Å². The fraction of sp³-hybridized carbons (Fsp3) is 0.269. The van der Waals surface area contributed by atoms with Gasteiger partial charge in [-0.25, -0.2) is 9.50 Å². The number of aliphatic hydroxyl groups excluding tert-OH is 1. The maximum Gasteiger partial charge on any atom is 0.163 e. The first-order chi connectivity index (χ1) is 15.6. The van der Waals surface area contributed by atoms with Crippen molar-refractivity contribution in [2.24, 2.45) is 0 Å². The molecular formula is C26H29N5O. The molecule has 164 valence electrons. The summed E-state index contributed by atoms with van der Waals surface area (Å²) in [7, 11) is 0. The highest BCUT2D eigenvalue weighted by Gasteiger charge is 2.22. The predicted molar refractivity (Wildman–Crippen MR) is 128 cm³/mol. The minimum atomic E-state index is -0.560. The quantitative estimate of drug-likeness (QED) is 0.510. The fourth-order valence-electron chi connectivity index (χ4n) is 3.89. The van der Waals surface area contributed by atoms with Gasteiger partial charge in [0.25, 0.3) is 0 Å². The van der Waals surface area contributed by atoms with Crippen LogP contribution in [0.4, 0.5) is 0 Å². The summed E-state index contributed by atoms with van der Waals surface area (Å²) in [5, 5.41) is 14.4. The molecule has 1 N–H and O–H groups in total. The van der Waals surface area contributed by atoms with Crippen LogP contribution in [0.2, 0.25) is 0 Å². The van der Waals surface area contributed by atoms with Gasteiger partial charge < -0.3 is 10.0 Å². The number of nitrogens with zero attached hydrogens (tertiary/aromatic N) is 5. The summed E-state index contributed by atoms with van der Waals surface area (Å²) in [6.45, 7) is 11.2. The second-order valence-corrected chi connectivity index (χ2v) is 7.68. The molecule has 1 aliphatic rings. The van der Waals surface area contributed by atoms with E-state index in [1.165, 1.54) is 5.56 Å². The van der Waals surface area contributed by atoms with E-state index in [4.69, 9.17) is 4.98 Å². The molecule has 0 saturated carbocycles. The van der Waals surface area contributed by atoms with E-state index in [0.29, 0.717) is 6.54 Å². The maximum atomic E-state index is 9.87. The van der Waals surface area contributed by atoms with Gasteiger partial charge in [0.15, 0.2) is 5.65 Å². The molecule has 4 heterocycles. The number of benzene rings is 1. The molecule has 32 heavy (non-hydrogen) atoms. The zero-order valence-electron chi connectivity index (χ0n) is 18.9. The average Bonchev–Trinajstić information content (AvgIpc) is 3.26. The monoisotopic (exact) mass is 427 g/mol. The molecule has 0 spiro atoms. The van der Waals surface area contributed by atoms with Crippen molar-refractivity contribution in [1.82, 2.24) is 24.5 Å². The van der Waals surface area contributed by atoms with Crippen LogP contribution in [0.25, 0.3) is 28.0 Å². The molecule has 1 unspecified atom stereocenters. The molecule has 6 nitrogen and oxygen atoms in total. The minimum absolute atomic E-state index is 0.560. The van der Waals surface area contributed by atoms with Crippen LogP contribution in [0.3, 0.4) is 0 Å². The van der Waals surface area contributed by atoms with Gasteiger partial charge in [-0.1, -0.05) is 56.8 Å². The van der Waals surface area contributed by atoms with Gasteiger partial charge in [0, 0.05) is 41.3 Å². The highest BCUT2D eigenvalue weighted by atomic mass is 16.3. The van der Waals surface area contributed by atoms with Gasteiger partial charge in [-0.2, -0.15) is 5.10 Å². The van der Waals surface area contributed by atoms with Gasteiger partial charge in [0.05, 0.1) is 30.2 Å². The number of pyridine rings is 1. The summed E-state index contributed by atoms with van der Waals surface area (Å²) in [5.74, 6) is 0. The van der Waals surface area contributed by atoms with Crippen LogP contribution in [0.15, 0.2) is 73.3 Å². The molecule has 0 saturated heterocycles. The van der Waals surface area contributed by atoms with Gasteiger partial charge in [-0.3, -0.25) is 4.98 Å². The second kappa shape index (κ2) is 9.32. The summed E-state index contributed by atoms with van der Waals surface area (Å²) in [6.07, 6.45) is 6.08. The topological polar surface area (TPSA) is 66.5 Å². The van der Waals surface area contributed by atoms with Crippen LogP contribution in [-0.2, 0) is 13.0 Å². The highest BCUT2D eigenvalue weighted by Crippen LogP contribution is 2.28. The SMILES string of the molecule is C=C(C(C)O)N1CCc2cn3ncc(-c4ccc(-c5ccccc5)nc4)c3nc2C1.CC. The molecule has 0 fully saturated rings. The summed E-state index contributed by atoms with van der Waals surface area (Å²) in [5.41, 5.74) is 7.71. The molecule has 0 bridgehead atoms. The molecule has 3 aromatic heterocycles. The number of hydrogen-bond acceptors (Lipinski definition) is 5. The van der Waals surface area contributed by atoms with E-state index >= 15 is 0 Å². The Morgan fingerprint density at radius 3 is 2.53 bits per heavy atom. The van der Waals surface area contributed by atoms with Crippen LogP contribution < -0.4 is 0 Å². The lowest BCUT2D eigenvalue weighted by Crippen LogP contribution is -2.34. The van der Waals surface area contributed by atoms with Gasteiger partial charge in [-0.15, -0.1) is 0 Å². The van der Waals surface area contributed by atoms with Gasteiger partial charge >= 0.3 is 0 Å². The van der Waals surface area contributed by atoms with Crippen molar-refractivity contribution < 1.29 is 5.11 Å². The van der Waals surface area contributed by atoms with Crippen LogP contribution in [0.1, 0.15) is 32.0 Å². The first kappa shape index (κ1) is 21.7. The highest BCUT2D eigenvalue weighted by molar-refractivity contribution is 5.77. The minimum Gasteiger partial charge on any atom is -0.387 e. The summed E-state index contributed by atoms with van der Waals surface area (Å²) >= 11 is 0. The van der Waals surface area contributed by atoms with Crippen molar-refractivity contribution in [2.75, 3.05) is 6.54 Å². The van der Waals surface area contributed by atoms with Crippen LogP contribution in [0.5, 0.6) is 0 Å². The molecule has 0 radical (unpaired) electrons. The van der Waals surface area contributed by atoms with E-state index in [1.807, 2.05) is 55.0 Å².